The lowest BCUT2D eigenvalue weighted by molar-refractivity contribution is -0.0754. The summed E-state index contributed by atoms with van der Waals surface area (Å²) in [4.78, 5) is 10.6. The van der Waals surface area contributed by atoms with Gasteiger partial charge in [0, 0.05) is 7.11 Å². The zero-order chi connectivity index (χ0) is 9.35. The summed E-state index contributed by atoms with van der Waals surface area (Å²) < 4.78 is 12.0. The summed E-state index contributed by atoms with van der Waals surface area (Å²) in [7, 11) is 1.32. The van der Waals surface area contributed by atoms with Gasteiger partial charge in [0.25, 0.3) is 0 Å². The van der Waals surface area contributed by atoms with Crippen molar-refractivity contribution < 1.29 is 19.0 Å². The van der Waals surface area contributed by atoms with Gasteiger partial charge in [-0.1, -0.05) is 34.8 Å². The van der Waals surface area contributed by atoms with Gasteiger partial charge in [0.1, 0.15) is 0 Å². The number of carbonyl (C=O) groups is 1. The SMILES string of the molecule is COC1OC(=O)OC1C(Cl)(Cl)Cl. The predicted molar refractivity (Wildman–Crippen MR) is 42.4 cm³/mol. The van der Waals surface area contributed by atoms with Crippen LogP contribution in [0.1, 0.15) is 0 Å². The van der Waals surface area contributed by atoms with Crippen LogP contribution in [0.4, 0.5) is 4.79 Å². The molecule has 1 aliphatic heterocycles. The lowest BCUT2D eigenvalue weighted by Gasteiger charge is -2.19. The zero-order valence-electron chi connectivity index (χ0n) is 5.92. The summed E-state index contributed by atoms with van der Waals surface area (Å²) in [6.45, 7) is 0. The standard InChI is InChI=1S/C5H5Cl3O4/c1-10-3-2(5(6,7)8)11-4(9)12-3/h2-3H,1H3. The van der Waals surface area contributed by atoms with E-state index in [1.165, 1.54) is 7.11 Å². The fraction of sp³-hybridized carbons (Fsp3) is 0.800. The Hall–Kier alpha value is 0.1000. The molecule has 0 saturated carbocycles. The lowest BCUT2D eigenvalue weighted by Crippen LogP contribution is -2.36. The van der Waals surface area contributed by atoms with Crippen molar-refractivity contribution in [1.82, 2.24) is 0 Å². The van der Waals surface area contributed by atoms with Gasteiger partial charge in [-0.3, -0.25) is 0 Å². The highest BCUT2D eigenvalue weighted by atomic mass is 35.6. The minimum Gasteiger partial charge on any atom is -0.420 e. The van der Waals surface area contributed by atoms with E-state index in [1.54, 1.807) is 0 Å². The fourth-order valence-electron chi connectivity index (χ4n) is 0.736. The van der Waals surface area contributed by atoms with Crippen molar-refractivity contribution in [3.63, 3.8) is 0 Å². The number of ether oxygens (including phenoxy) is 3. The molecular weight excluding hydrogens is 230 g/mol. The van der Waals surface area contributed by atoms with Gasteiger partial charge in [-0.25, -0.2) is 4.79 Å². The van der Waals surface area contributed by atoms with Crippen LogP contribution in [-0.4, -0.2) is 29.5 Å². The normalized spacial score (nSPS) is 29.8. The van der Waals surface area contributed by atoms with Crippen LogP contribution in [0, 0.1) is 0 Å². The molecule has 0 amide bonds. The molecule has 1 aliphatic rings. The minimum absolute atomic E-state index is 0.904. The minimum atomic E-state index is -1.74. The second-order valence-electron chi connectivity index (χ2n) is 2.05. The summed E-state index contributed by atoms with van der Waals surface area (Å²) in [5.74, 6) is 0. The van der Waals surface area contributed by atoms with Gasteiger partial charge in [-0.15, -0.1) is 0 Å². The summed E-state index contributed by atoms with van der Waals surface area (Å²) in [6.07, 6.45) is -2.90. The Morgan fingerprint density at radius 1 is 1.42 bits per heavy atom. The number of alkyl halides is 3. The second kappa shape index (κ2) is 3.46. The molecule has 1 rings (SSSR count). The second-order valence-corrected chi connectivity index (χ2v) is 4.42. The van der Waals surface area contributed by atoms with Gasteiger partial charge in [-0.2, -0.15) is 0 Å². The largest absolute Gasteiger partial charge is 0.511 e. The Labute approximate surface area is 83.6 Å². The summed E-state index contributed by atoms with van der Waals surface area (Å²) in [5.41, 5.74) is 0. The van der Waals surface area contributed by atoms with Gasteiger partial charge < -0.3 is 14.2 Å². The molecule has 2 unspecified atom stereocenters. The molecule has 2 atom stereocenters. The summed E-state index contributed by atoms with van der Waals surface area (Å²) >= 11 is 16.4. The molecule has 0 aliphatic carbocycles. The van der Waals surface area contributed by atoms with Gasteiger partial charge in [0.05, 0.1) is 0 Å². The quantitative estimate of drug-likeness (QED) is 0.514. The molecule has 70 valence electrons. The van der Waals surface area contributed by atoms with Crippen LogP contribution in [0.3, 0.4) is 0 Å². The molecule has 0 bridgehead atoms. The molecular formula is C5H5Cl3O4. The maximum atomic E-state index is 10.6. The number of rotatable bonds is 1. The van der Waals surface area contributed by atoms with Gasteiger partial charge >= 0.3 is 6.16 Å². The van der Waals surface area contributed by atoms with Gasteiger partial charge in [0.2, 0.25) is 16.2 Å². The van der Waals surface area contributed by atoms with Crippen LogP contribution in [0.15, 0.2) is 0 Å². The van der Waals surface area contributed by atoms with Crippen molar-refractivity contribution in [2.24, 2.45) is 0 Å². The van der Waals surface area contributed by atoms with E-state index in [2.05, 4.69) is 9.47 Å². The molecule has 0 aromatic heterocycles. The van der Waals surface area contributed by atoms with E-state index in [1.807, 2.05) is 0 Å². The predicted octanol–water partition coefficient (Wildman–Crippen LogP) is 1.86. The highest BCUT2D eigenvalue weighted by Crippen LogP contribution is 2.37. The van der Waals surface area contributed by atoms with E-state index in [4.69, 9.17) is 39.5 Å². The van der Waals surface area contributed by atoms with Crippen molar-refractivity contribution >= 4 is 41.0 Å². The van der Waals surface area contributed by atoms with Crippen LogP contribution >= 0.6 is 34.8 Å². The van der Waals surface area contributed by atoms with Crippen molar-refractivity contribution in [3.8, 4) is 0 Å². The van der Waals surface area contributed by atoms with Gasteiger partial charge in [0.15, 0.2) is 0 Å². The molecule has 7 heteroatoms. The topological polar surface area (TPSA) is 44.8 Å². The Balaban J connectivity index is 2.70. The molecule has 1 fully saturated rings. The van der Waals surface area contributed by atoms with E-state index in [0.717, 1.165) is 0 Å². The van der Waals surface area contributed by atoms with Crippen LogP contribution in [0.5, 0.6) is 0 Å². The number of halogens is 3. The zero-order valence-corrected chi connectivity index (χ0v) is 8.19. The average Bonchev–Trinajstić information content (AvgIpc) is 2.29. The number of methoxy groups -OCH3 is 1. The van der Waals surface area contributed by atoms with Crippen LogP contribution in [-0.2, 0) is 14.2 Å². The molecule has 1 saturated heterocycles. The average molecular weight is 235 g/mol. The number of hydrogen-bond donors (Lipinski definition) is 0. The molecule has 1 heterocycles. The van der Waals surface area contributed by atoms with Crippen LogP contribution in [0.2, 0.25) is 0 Å². The molecule has 4 nitrogen and oxygen atoms in total. The Morgan fingerprint density at radius 2 is 2.00 bits per heavy atom. The van der Waals surface area contributed by atoms with E-state index >= 15 is 0 Å². The highest BCUT2D eigenvalue weighted by Gasteiger charge is 2.49. The van der Waals surface area contributed by atoms with Crippen molar-refractivity contribution in [2.45, 2.75) is 16.2 Å². The molecule has 12 heavy (non-hydrogen) atoms. The first-order chi connectivity index (χ1) is 5.45. The summed E-state index contributed by atoms with van der Waals surface area (Å²) in [6, 6.07) is 0. The molecule has 0 radical (unpaired) electrons. The maximum Gasteiger partial charge on any atom is 0.511 e. The monoisotopic (exact) mass is 234 g/mol. The molecule has 0 N–H and O–H groups in total. The smallest absolute Gasteiger partial charge is 0.420 e. The number of hydrogen-bond acceptors (Lipinski definition) is 4. The Morgan fingerprint density at radius 3 is 2.33 bits per heavy atom. The molecule has 0 aromatic rings. The fourth-order valence-corrected chi connectivity index (χ4v) is 1.18. The van der Waals surface area contributed by atoms with E-state index < -0.39 is 22.3 Å². The Bertz CT molecular complexity index is 190. The van der Waals surface area contributed by atoms with Crippen molar-refractivity contribution in [2.75, 3.05) is 7.11 Å². The number of carbonyl (C=O) groups excluding carboxylic acids is 1. The van der Waals surface area contributed by atoms with E-state index in [-0.39, 0.29) is 0 Å². The lowest BCUT2D eigenvalue weighted by atomic mass is 10.4. The van der Waals surface area contributed by atoms with E-state index in [0.29, 0.717) is 0 Å². The summed E-state index contributed by atoms with van der Waals surface area (Å²) in [5, 5.41) is 0. The Kier molecular flexibility index (Phi) is 2.93. The third kappa shape index (κ3) is 2.07. The first kappa shape index (κ1) is 10.2. The molecule has 0 spiro atoms. The van der Waals surface area contributed by atoms with Crippen molar-refractivity contribution in [1.29, 1.82) is 0 Å². The van der Waals surface area contributed by atoms with E-state index in [9.17, 15) is 4.79 Å². The maximum absolute atomic E-state index is 10.6. The first-order valence-electron chi connectivity index (χ1n) is 2.92. The third-order valence-electron chi connectivity index (χ3n) is 1.24. The van der Waals surface area contributed by atoms with Crippen LogP contribution in [0.25, 0.3) is 0 Å². The van der Waals surface area contributed by atoms with Gasteiger partial charge in [-0.05, 0) is 0 Å². The van der Waals surface area contributed by atoms with Crippen molar-refractivity contribution in [3.05, 3.63) is 0 Å². The third-order valence-corrected chi connectivity index (χ3v) is 1.88. The van der Waals surface area contributed by atoms with Crippen LogP contribution < -0.4 is 0 Å². The highest BCUT2D eigenvalue weighted by molar-refractivity contribution is 6.68. The number of cyclic esters (lactones) is 2. The first-order valence-corrected chi connectivity index (χ1v) is 4.05. The molecule has 0 aromatic carbocycles.